The Kier molecular flexibility index (Phi) is 7.25. The zero-order valence-corrected chi connectivity index (χ0v) is 21.5. The van der Waals surface area contributed by atoms with Gasteiger partial charge in [-0.2, -0.15) is 0 Å². The molecule has 0 radical (unpaired) electrons. The second kappa shape index (κ2) is 11.1. The maximum atomic E-state index is 14.3. The minimum absolute atomic E-state index is 0.0484. The Morgan fingerprint density at radius 1 is 0.789 bits per heavy atom. The summed E-state index contributed by atoms with van der Waals surface area (Å²) in [6.45, 7) is 7.07. The molecule has 0 atom stereocenters. The first-order chi connectivity index (χ1) is 18.7. The van der Waals surface area contributed by atoms with Gasteiger partial charge in [0.15, 0.2) is 5.78 Å². The molecule has 7 nitrogen and oxygen atoms in total. The molecule has 2 aliphatic heterocycles. The molecule has 3 aromatic carbocycles. The second-order valence-electron chi connectivity index (χ2n) is 10.0. The van der Waals surface area contributed by atoms with Crippen LogP contribution in [0.1, 0.15) is 27.0 Å². The van der Waals surface area contributed by atoms with Crippen molar-refractivity contribution in [3.05, 3.63) is 89.0 Å². The monoisotopic (exact) mass is 511 g/mol. The predicted octanol–water partition coefficient (Wildman–Crippen LogP) is 4.44. The van der Waals surface area contributed by atoms with E-state index in [0.717, 1.165) is 59.5 Å². The number of hydrogen-bond acceptors (Lipinski definition) is 6. The van der Waals surface area contributed by atoms with Crippen molar-refractivity contribution in [2.75, 3.05) is 52.6 Å². The molecule has 0 bridgehead atoms. The van der Waals surface area contributed by atoms with E-state index in [4.69, 9.17) is 9.47 Å². The number of fused-ring (bicyclic) bond motifs is 1. The molecule has 0 saturated carbocycles. The number of benzene rings is 3. The van der Waals surface area contributed by atoms with Crippen LogP contribution in [0.4, 0.5) is 0 Å². The molecule has 196 valence electrons. The van der Waals surface area contributed by atoms with Crippen LogP contribution in [-0.2, 0) is 22.6 Å². The molecule has 38 heavy (non-hydrogen) atoms. The number of nitrogens with zero attached hydrogens (tertiary/aromatic N) is 2. The molecule has 2 N–H and O–H groups in total. The van der Waals surface area contributed by atoms with Crippen molar-refractivity contribution in [2.45, 2.75) is 13.1 Å². The number of phenols is 1. The minimum Gasteiger partial charge on any atom is -0.507 e. The summed E-state index contributed by atoms with van der Waals surface area (Å²) in [5, 5.41) is 12.3. The predicted molar refractivity (Wildman–Crippen MR) is 147 cm³/mol. The van der Waals surface area contributed by atoms with Crippen molar-refractivity contribution < 1.29 is 19.4 Å². The zero-order chi connectivity index (χ0) is 25.9. The summed E-state index contributed by atoms with van der Waals surface area (Å²) < 4.78 is 11.0. The summed E-state index contributed by atoms with van der Waals surface area (Å²) in [6.07, 6.45) is 0. The lowest BCUT2D eigenvalue weighted by Crippen LogP contribution is -2.36. The number of aromatic hydroxyl groups is 1. The van der Waals surface area contributed by atoms with E-state index < -0.39 is 0 Å². The maximum absolute atomic E-state index is 14.3. The van der Waals surface area contributed by atoms with Gasteiger partial charge in [-0.25, -0.2) is 0 Å². The maximum Gasteiger partial charge on any atom is 0.195 e. The SMILES string of the molecule is O=C(c1cc(CN2CCOCC2)c(O)c(CN2CCOCC2)c1)c1c(-c2ccccc2)[nH]c2ccccc12. The molecule has 1 aromatic heterocycles. The summed E-state index contributed by atoms with van der Waals surface area (Å²) in [7, 11) is 0. The lowest BCUT2D eigenvalue weighted by atomic mass is 9.93. The average Bonchev–Trinajstić information content (AvgIpc) is 3.36. The molecule has 2 fully saturated rings. The van der Waals surface area contributed by atoms with Crippen LogP contribution in [0.25, 0.3) is 22.2 Å². The molecule has 0 amide bonds. The van der Waals surface area contributed by atoms with Gasteiger partial charge in [0.05, 0.1) is 37.7 Å². The van der Waals surface area contributed by atoms with Gasteiger partial charge in [-0.05, 0) is 23.8 Å². The lowest BCUT2D eigenvalue weighted by Gasteiger charge is -2.29. The normalized spacial score (nSPS) is 17.2. The van der Waals surface area contributed by atoms with Crippen LogP contribution in [0.3, 0.4) is 0 Å². The van der Waals surface area contributed by atoms with Gasteiger partial charge in [0.25, 0.3) is 0 Å². The van der Waals surface area contributed by atoms with Gasteiger partial charge in [-0.15, -0.1) is 0 Å². The Labute approximate surface area is 222 Å². The number of morpholine rings is 2. The first-order valence-corrected chi connectivity index (χ1v) is 13.3. The van der Waals surface area contributed by atoms with Gasteiger partial charge in [0.2, 0.25) is 0 Å². The van der Waals surface area contributed by atoms with Gasteiger partial charge in [-0.1, -0.05) is 48.5 Å². The Morgan fingerprint density at radius 2 is 1.34 bits per heavy atom. The highest BCUT2D eigenvalue weighted by molar-refractivity contribution is 6.20. The van der Waals surface area contributed by atoms with Gasteiger partial charge in [0, 0.05) is 66.9 Å². The summed E-state index contributed by atoms with van der Waals surface area (Å²) in [5.41, 5.74) is 5.52. The number of rotatable bonds is 7. The van der Waals surface area contributed by atoms with Gasteiger partial charge < -0.3 is 19.6 Å². The van der Waals surface area contributed by atoms with Crippen LogP contribution < -0.4 is 0 Å². The Morgan fingerprint density at radius 3 is 1.95 bits per heavy atom. The smallest absolute Gasteiger partial charge is 0.195 e. The zero-order valence-electron chi connectivity index (χ0n) is 21.5. The van der Waals surface area contributed by atoms with Crippen molar-refractivity contribution >= 4 is 16.7 Å². The van der Waals surface area contributed by atoms with Gasteiger partial charge in [0.1, 0.15) is 5.75 Å². The minimum atomic E-state index is -0.0484. The molecular weight excluding hydrogens is 478 g/mol. The molecule has 0 unspecified atom stereocenters. The number of carbonyl (C=O) groups is 1. The van der Waals surface area contributed by atoms with Crippen LogP contribution in [0.5, 0.6) is 5.75 Å². The van der Waals surface area contributed by atoms with Gasteiger partial charge in [-0.3, -0.25) is 14.6 Å². The number of ether oxygens (including phenoxy) is 2. The summed E-state index contributed by atoms with van der Waals surface area (Å²) in [4.78, 5) is 22.4. The third-order valence-corrected chi connectivity index (χ3v) is 7.52. The number of phenolic OH excluding ortho intramolecular Hbond substituents is 1. The van der Waals surface area contributed by atoms with Crippen molar-refractivity contribution in [1.82, 2.24) is 14.8 Å². The fourth-order valence-electron chi connectivity index (χ4n) is 5.48. The van der Waals surface area contributed by atoms with Gasteiger partial charge >= 0.3 is 0 Å². The summed E-state index contributed by atoms with van der Waals surface area (Å²) >= 11 is 0. The van der Waals surface area contributed by atoms with Crippen molar-refractivity contribution in [2.24, 2.45) is 0 Å². The van der Waals surface area contributed by atoms with E-state index >= 15 is 0 Å². The number of para-hydroxylation sites is 1. The van der Waals surface area contributed by atoms with Crippen LogP contribution in [0, 0.1) is 0 Å². The Bertz CT molecular complexity index is 1380. The molecule has 4 aromatic rings. The second-order valence-corrected chi connectivity index (χ2v) is 10.0. The molecule has 3 heterocycles. The summed E-state index contributed by atoms with van der Waals surface area (Å²) in [6, 6.07) is 21.7. The van der Waals surface area contributed by atoms with E-state index in [-0.39, 0.29) is 11.5 Å². The van der Waals surface area contributed by atoms with E-state index in [1.807, 2.05) is 66.7 Å². The average molecular weight is 512 g/mol. The molecule has 6 rings (SSSR count). The number of hydrogen-bond donors (Lipinski definition) is 2. The highest BCUT2D eigenvalue weighted by atomic mass is 16.5. The standard InChI is InChI=1S/C31H33N3O4/c35-30-24(20-33-10-14-37-15-11-33)18-23(19-25(30)21-34-12-16-38-17-13-34)31(36)28-26-8-4-5-9-27(26)32-29(28)22-6-2-1-3-7-22/h1-9,18-19,32,35H,10-17,20-21H2. The summed E-state index contributed by atoms with van der Waals surface area (Å²) in [5.74, 6) is 0.231. The number of nitrogens with one attached hydrogen (secondary N) is 1. The highest BCUT2D eigenvalue weighted by Gasteiger charge is 2.25. The fourth-order valence-corrected chi connectivity index (χ4v) is 5.48. The van der Waals surface area contributed by atoms with Crippen LogP contribution >= 0.6 is 0 Å². The molecule has 7 heteroatoms. The van der Waals surface area contributed by atoms with E-state index in [1.165, 1.54) is 0 Å². The molecular formula is C31H33N3O4. The number of H-pyrrole nitrogens is 1. The topological polar surface area (TPSA) is 78.0 Å². The van der Waals surface area contributed by atoms with Crippen molar-refractivity contribution in [3.63, 3.8) is 0 Å². The number of ketones is 1. The van der Waals surface area contributed by atoms with E-state index in [1.54, 1.807) is 0 Å². The molecule has 0 aliphatic carbocycles. The molecule has 2 aliphatic rings. The lowest BCUT2D eigenvalue weighted by molar-refractivity contribution is 0.0327. The number of aromatic nitrogens is 1. The third-order valence-electron chi connectivity index (χ3n) is 7.52. The number of carbonyl (C=O) groups excluding carboxylic acids is 1. The van der Waals surface area contributed by atoms with Crippen LogP contribution in [0.15, 0.2) is 66.7 Å². The van der Waals surface area contributed by atoms with E-state index in [0.29, 0.717) is 50.6 Å². The Hall–Kier alpha value is -3.49. The largest absolute Gasteiger partial charge is 0.507 e. The first kappa shape index (κ1) is 24.8. The Balaban J connectivity index is 1.44. The fraction of sp³-hybridized carbons (Fsp3) is 0.323. The van der Waals surface area contributed by atoms with Crippen molar-refractivity contribution in [1.29, 1.82) is 0 Å². The molecule has 0 spiro atoms. The molecule has 2 saturated heterocycles. The van der Waals surface area contributed by atoms with E-state index in [9.17, 15) is 9.90 Å². The van der Waals surface area contributed by atoms with E-state index in [2.05, 4.69) is 14.8 Å². The van der Waals surface area contributed by atoms with Crippen LogP contribution in [-0.4, -0.2) is 78.3 Å². The first-order valence-electron chi connectivity index (χ1n) is 13.3. The quantitative estimate of drug-likeness (QED) is 0.358. The number of aromatic amines is 1. The van der Waals surface area contributed by atoms with Crippen LogP contribution in [0.2, 0.25) is 0 Å². The highest BCUT2D eigenvalue weighted by Crippen LogP contribution is 2.34. The third kappa shape index (κ3) is 5.11. The van der Waals surface area contributed by atoms with Crippen molar-refractivity contribution in [3.8, 4) is 17.0 Å².